The van der Waals surface area contributed by atoms with E-state index in [0.29, 0.717) is 25.6 Å². The molecule has 0 aliphatic carbocycles. The van der Waals surface area contributed by atoms with E-state index in [2.05, 4.69) is 11.9 Å². The molecule has 1 aliphatic rings. The maximum Gasteiger partial charge on any atom is 0.213 e. The molecule has 96 valence electrons. The van der Waals surface area contributed by atoms with E-state index in [1.54, 1.807) is 7.05 Å². The maximum absolute atomic E-state index is 11.8. The molecule has 0 radical (unpaired) electrons. The van der Waals surface area contributed by atoms with Crippen LogP contribution in [0, 0.1) is 0 Å². The summed E-state index contributed by atoms with van der Waals surface area (Å²) in [5.41, 5.74) is 5.33. The lowest BCUT2D eigenvalue weighted by atomic mass is 10.2. The molecule has 1 unspecified atom stereocenters. The van der Waals surface area contributed by atoms with Gasteiger partial charge in [0.05, 0.1) is 5.75 Å². The van der Waals surface area contributed by atoms with Crippen molar-refractivity contribution in [2.75, 3.05) is 39.5 Å². The van der Waals surface area contributed by atoms with Crippen molar-refractivity contribution < 1.29 is 8.42 Å². The van der Waals surface area contributed by atoms with E-state index in [4.69, 9.17) is 5.73 Å². The third-order valence-electron chi connectivity index (χ3n) is 3.22. The van der Waals surface area contributed by atoms with Gasteiger partial charge in [0.15, 0.2) is 0 Å². The summed E-state index contributed by atoms with van der Waals surface area (Å²) in [5.74, 6) is 0.163. The summed E-state index contributed by atoms with van der Waals surface area (Å²) >= 11 is 0. The van der Waals surface area contributed by atoms with Gasteiger partial charge in [-0.15, -0.1) is 0 Å². The van der Waals surface area contributed by atoms with Crippen LogP contribution in [-0.2, 0) is 10.0 Å². The van der Waals surface area contributed by atoms with Crippen molar-refractivity contribution in [3.05, 3.63) is 0 Å². The number of hydrogen-bond acceptors (Lipinski definition) is 4. The van der Waals surface area contributed by atoms with Crippen LogP contribution in [0.25, 0.3) is 0 Å². The predicted molar refractivity (Wildman–Crippen MR) is 65.7 cm³/mol. The Labute approximate surface area is 98.6 Å². The first-order valence-corrected chi connectivity index (χ1v) is 7.42. The minimum Gasteiger partial charge on any atom is -0.330 e. The second kappa shape index (κ2) is 5.95. The fourth-order valence-electron chi connectivity index (χ4n) is 2.04. The van der Waals surface area contributed by atoms with Crippen LogP contribution in [0.5, 0.6) is 0 Å². The fourth-order valence-corrected chi connectivity index (χ4v) is 3.28. The molecule has 0 aromatic rings. The number of nitrogens with two attached hydrogens (primary N) is 1. The molecule has 1 aliphatic heterocycles. The Hall–Kier alpha value is -0.170. The SMILES string of the molecule is CN1CCCC1CN(C)S(=O)(=O)CCCN. The van der Waals surface area contributed by atoms with Crippen molar-refractivity contribution in [3.63, 3.8) is 0 Å². The molecular formula is C10H23N3O2S. The third-order valence-corrected chi connectivity index (χ3v) is 5.12. The summed E-state index contributed by atoms with van der Waals surface area (Å²) in [6, 6.07) is 0.373. The summed E-state index contributed by atoms with van der Waals surface area (Å²) in [4.78, 5) is 2.23. The lowest BCUT2D eigenvalue weighted by Crippen LogP contribution is -2.40. The molecule has 0 amide bonds. The van der Waals surface area contributed by atoms with Gasteiger partial charge in [-0.1, -0.05) is 0 Å². The Morgan fingerprint density at radius 1 is 1.50 bits per heavy atom. The Morgan fingerprint density at radius 2 is 2.19 bits per heavy atom. The molecular weight excluding hydrogens is 226 g/mol. The van der Waals surface area contributed by atoms with Gasteiger partial charge in [-0.25, -0.2) is 12.7 Å². The highest BCUT2D eigenvalue weighted by Crippen LogP contribution is 2.16. The topological polar surface area (TPSA) is 66.6 Å². The first kappa shape index (κ1) is 13.9. The number of nitrogens with zero attached hydrogens (tertiary/aromatic N) is 2. The second-order valence-corrected chi connectivity index (χ2v) is 6.71. The van der Waals surface area contributed by atoms with Gasteiger partial charge in [-0.3, -0.25) is 0 Å². The molecule has 0 aromatic heterocycles. The van der Waals surface area contributed by atoms with Gasteiger partial charge < -0.3 is 10.6 Å². The van der Waals surface area contributed by atoms with E-state index in [9.17, 15) is 8.42 Å². The van der Waals surface area contributed by atoms with Crippen LogP contribution in [0.2, 0.25) is 0 Å². The molecule has 1 atom stereocenters. The van der Waals surface area contributed by atoms with Gasteiger partial charge >= 0.3 is 0 Å². The Kier molecular flexibility index (Phi) is 5.17. The predicted octanol–water partition coefficient (Wildman–Crippen LogP) is -0.309. The lowest BCUT2D eigenvalue weighted by Gasteiger charge is -2.25. The van der Waals surface area contributed by atoms with Crippen molar-refractivity contribution in [3.8, 4) is 0 Å². The molecule has 1 fully saturated rings. The van der Waals surface area contributed by atoms with Crippen LogP contribution >= 0.6 is 0 Å². The molecule has 0 aromatic carbocycles. The smallest absolute Gasteiger partial charge is 0.213 e. The number of hydrogen-bond donors (Lipinski definition) is 1. The molecule has 1 rings (SSSR count). The molecule has 1 heterocycles. The van der Waals surface area contributed by atoms with Crippen LogP contribution in [0.1, 0.15) is 19.3 Å². The van der Waals surface area contributed by atoms with Crippen molar-refractivity contribution in [2.45, 2.75) is 25.3 Å². The zero-order valence-electron chi connectivity index (χ0n) is 10.2. The molecule has 16 heavy (non-hydrogen) atoms. The maximum atomic E-state index is 11.8. The van der Waals surface area contributed by atoms with E-state index >= 15 is 0 Å². The van der Waals surface area contributed by atoms with Crippen molar-refractivity contribution in [2.24, 2.45) is 5.73 Å². The van der Waals surface area contributed by atoms with E-state index in [1.807, 2.05) is 0 Å². The summed E-state index contributed by atoms with van der Waals surface area (Å²) in [6.07, 6.45) is 2.79. The van der Waals surface area contributed by atoms with Crippen LogP contribution in [0.4, 0.5) is 0 Å². The molecule has 2 N–H and O–H groups in total. The van der Waals surface area contributed by atoms with Crippen LogP contribution < -0.4 is 5.73 Å². The van der Waals surface area contributed by atoms with Crippen LogP contribution in [-0.4, -0.2) is 63.1 Å². The van der Waals surface area contributed by atoms with Gasteiger partial charge in [0.25, 0.3) is 0 Å². The van der Waals surface area contributed by atoms with E-state index in [-0.39, 0.29) is 5.75 Å². The second-order valence-electron chi connectivity index (χ2n) is 4.52. The molecule has 0 spiro atoms. The summed E-state index contributed by atoms with van der Waals surface area (Å²) in [6.45, 7) is 2.10. The molecule has 1 saturated heterocycles. The van der Waals surface area contributed by atoms with E-state index in [1.165, 1.54) is 4.31 Å². The summed E-state index contributed by atoms with van der Waals surface area (Å²) < 4.78 is 25.2. The third kappa shape index (κ3) is 3.69. The standard InChI is InChI=1S/C10H23N3O2S/c1-12-7-3-5-10(12)9-13(2)16(14,15)8-4-6-11/h10H,3-9,11H2,1-2H3. The molecule has 5 nitrogen and oxygen atoms in total. The average Bonchev–Trinajstić information content (AvgIpc) is 2.61. The Balaban J connectivity index is 2.47. The first-order chi connectivity index (χ1) is 7.47. The molecule has 0 saturated carbocycles. The normalized spacial score (nSPS) is 23.1. The highest BCUT2D eigenvalue weighted by Gasteiger charge is 2.26. The average molecular weight is 249 g/mol. The largest absolute Gasteiger partial charge is 0.330 e. The van der Waals surface area contributed by atoms with Crippen molar-refractivity contribution in [1.29, 1.82) is 0 Å². The fraction of sp³-hybridized carbons (Fsp3) is 1.00. The van der Waals surface area contributed by atoms with Crippen LogP contribution in [0.3, 0.4) is 0 Å². The van der Waals surface area contributed by atoms with Crippen LogP contribution in [0.15, 0.2) is 0 Å². The summed E-state index contributed by atoms with van der Waals surface area (Å²) in [7, 11) is 0.612. The van der Waals surface area contributed by atoms with Gasteiger partial charge in [-0.2, -0.15) is 0 Å². The lowest BCUT2D eigenvalue weighted by molar-refractivity contribution is 0.271. The van der Waals surface area contributed by atoms with Crippen molar-refractivity contribution in [1.82, 2.24) is 9.21 Å². The first-order valence-electron chi connectivity index (χ1n) is 5.81. The highest BCUT2D eigenvalue weighted by atomic mass is 32.2. The Bertz CT molecular complexity index is 305. The molecule has 0 bridgehead atoms. The van der Waals surface area contributed by atoms with Crippen molar-refractivity contribution >= 4 is 10.0 Å². The van der Waals surface area contributed by atoms with Gasteiger partial charge in [0.1, 0.15) is 0 Å². The number of likely N-dealkylation sites (tertiary alicyclic amines) is 1. The number of sulfonamides is 1. The monoisotopic (exact) mass is 249 g/mol. The minimum atomic E-state index is -3.11. The zero-order chi connectivity index (χ0) is 12.2. The summed E-state index contributed by atoms with van der Waals surface area (Å²) in [5, 5.41) is 0. The van der Waals surface area contributed by atoms with Gasteiger partial charge in [-0.05, 0) is 39.4 Å². The highest BCUT2D eigenvalue weighted by molar-refractivity contribution is 7.89. The Morgan fingerprint density at radius 3 is 2.69 bits per heavy atom. The molecule has 6 heteroatoms. The minimum absolute atomic E-state index is 0.163. The van der Waals surface area contributed by atoms with Gasteiger partial charge in [0, 0.05) is 19.6 Å². The number of rotatable bonds is 6. The van der Waals surface area contributed by atoms with E-state index in [0.717, 1.165) is 19.4 Å². The quantitative estimate of drug-likeness (QED) is 0.701. The zero-order valence-corrected chi connectivity index (χ0v) is 11.0. The van der Waals surface area contributed by atoms with E-state index < -0.39 is 10.0 Å². The number of likely N-dealkylation sites (N-methyl/N-ethyl adjacent to an activating group) is 2. The van der Waals surface area contributed by atoms with Gasteiger partial charge in [0.2, 0.25) is 10.0 Å².